The summed E-state index contributed by atoms with van der Waals surface area (Å²) in [5.41, 5.74) is 1.52. The molecule has 0 fully saturated rings. The first-order valence-electron chi connectivity index (χ1n) is 5.33. The minimum atomic E-state index is -1.15. The topological polar surface area (TPSA) is 0 Å². The zero-order valence-corrected chi connectivity index (χ0v) is 12.3. The number of allylic oxidation sites excluding steroid dienone is 5. The molecule has 0 aromatic rings. The van der Waals surface area contributed by atoms with Crippen LogP contribution in [0.3, 0.4) is 0 Å². The van der Waals surface area contributed by atoms with Crippen molar-refractivity contribution >= 4 is 16.1 Å². The number of hydrogen-bond donors (Lipinski definition) is 0. The fourth-order valence-corrected chi connectivity index (χ4v) is 13.6. The van der Waals surface area contributed by atoms with Crippen molar-refractivity contribution in [1.29, 1.82) is 0 Å². The summed E-state index contributed by atoms with van der Waals surface area (Å²) in [5, 5.41) is 0. The van der Waals surface area contributed by atoms with Crippen LogP contribution in [0.4, 0.5) is 0 Å². The second-order valence-corrected chi connectivity index (χ2v) is 16.5. The number of hydrogen-bond acceptors (Lipinski definition) is 0. The van der Waals surface area contributed by atoms with Crippen molar-refractivity contribution in [3.8, 4) is 0 Å². The van der Waals surface area contributed by atoms with Gasteiger partial charge in [0.25, 0.3) is 0 Å². The lowest BCUT2D eigenvalue weighted by Gasteiger charge is -2.32. The molecule has 0 aliphatic heterocycles. The zero-order valence-electron chi connectivity index (χ0n) is 10.3. The van der Waals surface area contributed by atoms with Crippen LogP contribution in [-0.4, -0.2) is 16.1 Å². The van der Waals surface area contributed by atoms with E-state index in [1.807, 2.05) is 4.82 Å². The third-order valence-electron chi connectivity index (χ3n) is 2.45. The van der Waals surface area contributed by atoms with Gasteiger partial charge in [0.2, 0.25) is 0 Å². The van der Waals surface area contributed by atoms with Crippen LogP contribution in [0.1, 0.15) is 0 Å². The quantitative estimate of drug-likeness (QED) is 0.615. The molecule has 0 radical (unpaired) electrons. The Kier molecular flexibility index (Phi) is 3.07. The molecule has 0 bridgehead atoms. The van der Waals surface area contributed by atoms with Crippen molar-refractivity contribution in [1.82, 2.24) is 0 Å². The molecule has 0 heterocycles. The summed E-state index contributed by atoms with van der Waals surface area (Å²) >= 11 is 0. The predicted molar refractivity (Wildman–Crippen MR) is 72.0 cm³/mol. The van der Waals surface area contributed by atoms with Crippen LogP contribution >= 0.6 is 0 Å². The van der Waals surface area contributed by atoms with Crippen molar-refractivity contribution in [3.05, 3.63) is 34.7 Å². The van der Waals surface area contributed by atoms with Crippen LogP contribution < -0.4 is 0 Å². The summed E-state index contributed by atoms with van der Waals surface area (Å²) in [6, 6.07) is 0. The van der Waals surface area contributed by atoms with Gasteiger partial charge in [0, 0.05) is 0 Å². The van der Waals surface area contributed by atoms with Crippen molar-refractivity contribution in [2.75, 3.05) is 0 Å². The highest BCUT2D eigenvalue weighted by atomic mass is 28.4. The maximum atomic E-state index is 2.47. The molecule has 0 saturated carbocycles. The first-order chi connectivity index (χ1) is 6.23. The molecule has 1 aliphatic rings. The molecule has 14 heavy (non-hydrogen) atoms. The monoisotopic (exact) mass is 222 g/mol. The maximum Gasteiger partial charge on any atom is 0.0689 e. The zero-order chi connectivity index (χ0) is 11.0. The Morgan fingerprint density at radius 3 is 1.43 bits per heavy atom. The van der Waals surface area contributed by atoms with Gasteiger partial charge in [0.15, 0.2) is 0 Å². The summed E-state index contributed by atoms with van der Waals surface area (Å²) < 4.78 is 0. The molecule has 0 amide bonds. The van der Waals surface area contributed by atoms with Crippen LogP contribution in [0, 0.1) is 0 Å². The molecule has 0 spiro atoms. The Morgan fingerprint density at radius 1 is 0.786 bits per heavy atom. The van der Waals surface area contributed by atoms with Crippen molar-refractivity contribution in [2.45, 2.75) is 39.3 Å². The van der Waals surface area contributed by atoms with Crippen LogP contribution in [0.15, 0.2) is 34.7 Å². The Labute approximate surface area is 90.4 Å². The van der Waals surface area contributed by atoms with Gasteiger partial charge >= 0.3 is 0 Å². The van der Waals surface area contributed by atoms with E-state index in [9.17, 15) is 0 Å². The summed E-state index contributed by atoms with van der Waals surface area (Å²) in [6.07, 6.45) is 8.89. The SMILES string of the molecule is C[Si](C)(C)C(=C1C=CC=C1)[Si](C)(C)C. The summed E-state index contributed by atoms with van der Waals surface area (Å²) in [6.45, 7) is 14.8. The molecule has 2 heteroatoms. The van der Waals surface area contributed by atoms with E-state index in [0.717, 1.165) is 0 Å². The minimum absolute atomic E-state index is 1.15. The first kappa shape index (κ1) is 11.7. The fourth-order valence-electron chi connectivity index (χ4n) is 2.53. The van der Waals surface area contributed by atoms with Gasteiger partial charge in [0.05, 0.1) is 16.1 Å². The average molecular weight is 222 g/mol. The first-order valence-corrected chi connectivity index (χ1v) is 12.3. The van der Waals surface area contributed by atoms with E-state index in [1.54, 1.807) is 0 Å². The van der Waals surface area contributed by atoms with E-state index in [0.29, 0.717) is 0 Å². The summed E-state index contributed by atoms with van der Waals surface area (Å²) in [7, 11) is -2.30. The lowest BCUT2D eigenvalue weighted by molar-refractivity contribution is 1.57. The van der Waals surface area contributed by atoms with Crippen LogP contribution in [0.5, 0.6) is 0 Å². The van der Waals surface area contributed by atoms with Gasteiger partial charge in [-0.15, -0.1) is 0 Å². The molecular weight excluding hydrogens is 200 g/mol. The second-order valence-electron chi connectivity index (χ2n) is 6.05. The Balaban J connectivity index is 3.27. The van der Waals surface area contributed by atoms with Gasteiger partial charge in [-0.2, -0.15) is 0 Å². The lowest BCUT2D eigenvalue weighted by atomic mass is 10.3. The third kappa shape index (κ3) is 2.58. The normalized spacial score (nSPS) is 16.6. The van der Waals surface area contributed by atoms with Gasteiger partial charge in [-0.05, 0) is 5.57 Å². The third-order valence-corrected chi connectivity index (χ3v) is 10.5. The minimum Gasteiger partial charge on any atom is -0.0843 e. The van der Waals surface area contributed by atoms with E-state index < -0.39 is 16.1 Å². The van der Waals surface area contributed by atoms with E-state index in [1.165, 1.54) is 5.57 Å². The van der Waals surface area contributed by atoms with E-state index in [-0.39, 0.29) is 0 Å². The largest absolute Gasteiger partial charge is 0.0843 e. The van der Waals surface area contributed by atoms with Gasteiger partial charge in [0.1, 0.15) is 0 Å². The Morgan fingerprint density at radius 2 is 1.14 bits per heavy atom. The second kappa shape index (κ2) is 3.67. The molecule has 0 saturated heterocycles. The van der Waals surface area contributed by atoms with Crippen LogP contribution in [0.25, 0.3) is 0 Å². The standard InChI is InChI=1S/C12H22Si2/c1-13(2,3)12(14(4,5)6)11-9-7-8-10-11/h7-10H,1-6H3. The predicted octanol–water partition coefficient (Wildman–Crippen LogP) is 4.16. The van der Waals surface area contributed by atoms with Gasteiger partial charge in [-0.25, -0.2) is 0 Å². The molecule has 78 valence electrons. The molecule has 0 nitrogen and oxygen atoms in total. The van der Waals surface area contributed by atoms with Crippen LogP contribution in [-0.2, 0) is 0 Å². The molecule has 0 unspecified atom stereocenters. The highest BCUT2D eigenvalue weighted by Crippen LogP contribution is 2.30. The van der Waals surface area contributed by atoms with Crippen LogP contribution in [0.2, 0.25) is 39.3 Å². The van der Waals surface area contributed by atoms with E-state index in [4.69, 9.17) is 0 Å². The van der Waals surface area contributed by atoms with Crippen molar-refractivity contribution in [2.24, 2.45) is 0 Å². The highest BCUT2D eigenvalue weighted by Gasteiger charge is 2.32. The lowest BCUT2D eigenvalue weighted by Crippen LogP contribution is -2.40. The Hall–Kier alpha value is -0.346. The van der Waals surface area contributed by atoms with E-state index >= 15 is 0 Å². The highest BCUT2D eigenvalue weighted by molar-refractivity contribution is 7.04. The Bertz CT molecular complexity index is 276. The van der Waals surface area contributed by atoms with Gasteiger partial charge in [-0.1, -0.05) is 68.4 Å². The molecule has 0 aromatic carbocycles. The maximum absolute atomic E-state index is 2.47. The van der Waals surface area contributed by atoms with Crippen molar-refractivity contribution in [3.63, 3.8) is 0 Å². The van der Waals surface area contributed by atoms with E-state index in [2.05, 4.69) is 63.6 Å². The molecule has 0 aromatic heterocycles. The fraction of sp³-hybridized carbons (Fsp3) is 0.500. The summed E-state index contributed by atoms with van der Waals surface area (Å²) in [4.78, 5) is 1.81. The average Bonchev–Trinajstić information content (AvgIpc) is 2.31. The van der Waals surface area contributed by atoms with Gasteiger partial charge < -0.3 is 0 Å². The molecular formula is C12H22Si2. The van der Waals surface area contributed by atoms with Gasteiger partial charge in [-0.3, -0.25) is 0 Å². The van der Waals surface area contributed by atoms with Crippen molar-refractivity contribution < 1.29 is 0 Å². The smallest absolute Gasteiger partial charge is 0.0689 e. The molecule has 1 aliphatic carbocycles. The number of rotatable bonds is 2. The summed E-state index contributed by atoms with van der Waals surface area (Å²) in [5.74, 6) is 0. The molecule has 0 atom stereocenters. The molecule has 1 rings (SSSR count). The molecule has 0 N–H and O–H groups in total.